The molecule has 1 aromatic carbocycles. The Hall–Kier alpha value is -1.02. The van der Waals surface area contributed by atoms with E-state index in [0.717, 1.165) is 30.4 Å². The van der Waals surface area contributed by atoms with Gasteiger partial charge in [0.15, 0.2) is 0 Å². The van der Waals surface area contributed by atoms with E-state index in [4.69, 9.17) is 0 Å². The summed E-state index contributed by atoms with van der Waals surface area (Å²) in [6.07, 6.45) is 3.09. The fourth-order valence-electron chi connectivity index (χ4n) is 2.64. The van der Waals surface area contributed by atoms with Gasteiger partial charge in [0.2, 0.25) is 0 Å². The predicted octanol–water partition coefficient (Wildman–Crippen LogP) is 2.47. The van der Waals surface area contributed by atoms with Gasteiger partial charge in [-0.2, -0.15) is 0 Å². The molecule has 2 N–H and O–H groups in total. The first-order valence-corrected chi connectivity index (χ1v) is 5.70. The Morgan fingerprint density at radius 2 is 2.27 bits per heavy atom. The van der Waals surface area contributed by atoms with Crippen molar-refractivity contribution in [1.29, 1.82) is 0 Å². The molecular weight excluding hydrogens is 186 g/mol. The normalized spacial score (nSPS) is 19.3. The van der Waals surface area contributed by atoms with Gasteiger partial charge >= 0.3 is 0 Å². The number of hydrogen-bond acceptors (Lipinski definition) is 2. The third-order valence-corrected chi connectivity index (χ3v) is 3.51. The minimum Gasteiger partial charge on any atom is -0.507 e. The van der Waals surface area contributed by atoms with Gasteiger partial charge < -0.3 is 10.4 Å². The summed E-state index contributed by atoms with van der Waals surface area (Å²) < 4.78 is 0. The summed E-state index contributed by atoms with van der Waals surface area (Å²) in [6, 6.07) is 2.47. The van der Waals surface area contributed by atoms with Crippen molar-refractivity contribution in [3.05, 3.63) is 28.3 Å². The first-order chi connectivity index (χ1) is 7.19. The van der Waals surface area contributed by atoms with Crippen molar-refractivity contribution in [1.82, 2.24) is 5.32 Å². The van der Waals surface area contributed by atoms with Crippen molar-refractivity contribution in [2.75, 3.05) is 7.05 Å². The minimum absolute atomic E-state index is 0.338. The zero-order valence-corrected chi connectivity index (χ0v) is 9.72. The van der Waals surface area contributed by atoms with Gasteiger partial charge in [-0.3, -0.25) is 0 Å². The highest BCUT2D eigenvalue weighted by Crippen LogP contribution is 2.41. The van der Waals surface area contributed by atoms with Gasteiger partial charge in [-0.25, -0.2) is 0 Å². The first-order valence-electron chi connectivity index (χ1n) is 5.70. The average Bonchev–Trinajstić information content (AvgIpc) is 2.67. The summed E-state index contributed by atoms with van der Waals surface area (Å²) in [5.41, 5.74) is 4.91. The number of nitrogens with one attached hydrogen (secondary N) is 1. The molecule has 0 aromatic heterocycles. The van der Waals surface area contributed by atoms with Gasteiger partial charge in [-0.15, -0.1) is 0 Å². The van der Waals surface area contributed by atoms with Gasteiger partial charge in [0.1, 0.15) is 5.75 Å². The van der Waals surface area contributed by atoms with Gasteiger partial charge in [0.25, 0.3) is 0 Å². The maximum atomic E-state index is 10.2. The van der Waals surface area contributed by atoms with Crippen molar-refractivity contribution < 1.29 is 5.11 Å². The Labute approximate surface area is 91.3 Å². The zero-order valence-electron chi connectivity index (χ0n) is 9.72. The Kier molecular flexibility index (Phi) is 2.70. The van der Waals surface area contributed by atoms with Crippen molar-refractivity contribution >= 4 is 0 Å². The van der Waals surface area contributed by atoms with Crippen LogP contribution in [0.25, 0.3) is 0 Å². The zero-order chi connectivity index (χ0) is 11.0. The first kappa shape index (κ1) is 10.5. The molecule has 0 amide bonds. The lowest BCUT2D eigenvalue weighted by atomic mass is 9.96. The van der Waals surface area contributed by atoms with Crippen LogP contribution in [0.3, 0.4) is 0 Å². The highest BCUT2D eigenvalue weighted by molar-refractivity contribution is 5.53. The summed E-state index contributed by atoms with van der Waals surface area (Å²) in [4.78, 5) is 0. The summed E-state index contributed by atoms with van der Waals surface area (Å²) >= 11 is 0. The van der Waals surface area contributed by atoms with E-state index in [-0.39, 0.29) is 0 Å². The van der Waals surface area contributed by atoms with Gasteiger partial charge in [-0.05, 0) is 49.9 Å². The Morgan fingerprint density at radius 3 is 2.87 bits per heavy atom. The van der Waals surface area contributed by atoms with Crippen LogP contribution in [0.4, 0.5) is 0 Å². The van der Waals surface area contributed by atoms with Crippen molar-refractivity contribution in [3.8, 4) is 5.75 Å². The van der Waals surface area contributed by atoms with E-state index in [1.807, 2.05) is 7.05 Å². The highest BCUT2D eigenvalue weighted by Gasteiger charge is 2.27. The summed E-state index contributed by atoms with van der Waals surface area (Å²) in [5.74, 6) is 0.523. The molecule has 1 unspecified atom stereocenters. The largest absolute Gasteiger partial charge is 0.507 e. The molecular formula is C13H19NO. The lowest BCUT2D eigenvalue weighted by molar-refractivity contribution is 0.450. The molecule has 0 saturated carbocycles. The molecule has 0 bridgehead atoms. The number of phenols is 1. The number of fused-ring (bicyclic) bond motifs is 1. The molecule has 82 valence electrons. The van der Waals surface area contributed by atoms with Crippen LogP contribution < -0.4 is 5.32 Å². The molecule has 1 aliphatic carbocycles. The molecule has 2 heteroatoms. The number of hydrogen-bond donors (Lipinski definition) is 2. The average molecular weight is 205 g/mol. The minimum atomic E-state index is 0.338. The number of benzene rings is 1. The van der Waals surface area contributed by atoms with Crippen molar-refractivity contribution in [2.24, 2.45) is 0 Å². The maximum absolute atomic E-state index is 10.2. The van der Waals surface area contributed by atoms with Crippen LogP contribution in [0.15, 0.2) is 6.07 Å². The second-order valence-corrected chi connectivity index (χ2v) is 4.33. The predicted molar refractivity (Wildman–Crippen MR) is 62.3 cm³/mol. The molecule has 1 aliphatic rings. The molecule has 0 aliphatic heterocycles. The molecule has 0 saturated heterocycles. The topological polar surface area (TPSA) is 32.3 Å². The number of aryl methyl sites for hydroxylation is 2. The van der Waals surface area contributed by atoms with Crippen LogP contribution in [0.5, 0.6) is 5.75 Å². The molecule has 0 fully saturated rings. The SMILES string of the molecule is CCc1cc(C)c2c(c1O)C(NC)CC2. The van der Waals surface area contributed by atoms with Crippen LogP contribution in [-0.4, -0.2) is 12.2 Å². The highest BCUT2D eigenvalue weighted by atomic mass is 16.3. The van der Waals surface area contributed by atoms with Crippen LogP contribution in [-0.2, 0) is 12.8 Å². The van der Waals surface area contributed by atoms with Crippen LogP contribution in [0.1, 0.15) is 41.6 Å². The fourth-order valence-corrected chi connectivity index (χ4v) is 2.64. The van der Waals surface area contributed by atoms with E-state index in [1.165, 1.54) is 11.1 Å². The number of aromatic hydroxyl groups is 1. The summed E-state index contributed by atoms with van der Waals surface area (Å²) in [5, 5.41) is 13.5. The van der Waals surface area contributed by atoms with Crippen LogP contribution >= 0.6 is 0 Å². The molecule has 0 heterocycles. The Balaban J connectivity index is 2.60. The molecule has 0 spiro atoms. The number of rotatable bonds is 2. The molecule has 2 rings (SSSR count). The molecule has 2 nitrogen and oxygen atoms in total. The smallest absolute Gasteiger partial charge is 0.123 e. The third kappa shape index (κ3) is 1.53. The monoisotopic (exact) mass is 205 g/mol. The van der Waals surface area contributed by atoms with Gasteiger partial charge in [0.05, 0.1) is 0 Å². The molecule has 15 heavy (non-hydrogen) atoms. The molecule has 1 atom stereocenters. The third-order valence-electron chi connectivity index (χ3n) is 3.51. The van der Waals surface area contributed by atoms with E-state index >= 15 is 0 Å². The van der Waals surface area contributed by atoms with Crippen molar-refractivity contribution in [3.63, 3.8) is 0 Å². The summed E-state index contributed by atoms with van der Waals surface area (Å²) in [6.45, 7) is 4.24. The van der Waals surface area contributed by atoms with E-state index < -0.39 is 0 Å². The van der Waals surface area contributed by atoms with Gasteiger partial charge in [0, 0.05) is 11.6 Å². The van der Waals surface area contributed by atoms with Crippen molar-refractivity contribution in [2.45, 2.75) is 39.2 Å². The summed E-state index contributed by atoms with van der Waals surface area (Å²) in [7, 11) is 1.97. The van der Waals surface area contributed by atoms with E-state index in [9.17, 15) is 5.11 Å². The standard InChI is InChI=1S/C13H19NO/c1-4-9-7-8(2)10-5-6-11(14-3)12(10)13(9)15/h7,11,14-15H,4-6H2,1-3H3. The second-order valence-electron chi connectivity index (χ2n) is 4.33. The van der Waals surface area contributed by atoms with E-state index in [2.05, 4.69) is 25.2 Å². The maximum Gasteiger partial charge on any atom is 0.123 e. The second kappa shape index (κ2) is 3.86. The number of phenolic OH excluding ortho intramolecular Hbond substituents is 1. The Morgan fingerprint density at radius 1 is 1.53 bits per heavy atom. The fraction of sp³-hybridized carbons (Fsp3) is 0.538. The molecule has 1 aromatic rings. The van der Waals surface area contributed by atoms with Crippen LogP contribution in [0.2, 0.25) is 0 Å². The lowest BCUT2D eigenvalue weighted by Gasteiger charge is -2.16. The van der Waals surface area contributed by atoms with E-state index in [1.54, 1.807) is 0 Å². The Bertz CT molecular complexity index is 385. The molecule has 0 radical (unpaired) electrons. The quantitative estimate of drug-likeness (QED) is 0.777. The van der Waals surface area contributed by atoms with Gasteiger partial charge in [-0.1, -0.05) is 13.0 Å². The van der Waals surface area contributed by atoms with E-state index in [0.29, 0.717) is 11.8 Å². The lowest BCUT2D eigenvalue weighted by Crippen LogP contribution is -2.13. The van der Waals surface area contributed by atoms with Crippen LogP contribution in [0, 0.1) is 6.92 Å².